The van der Waals surface area contributed by atoms with E-state index in [0.29, 0.717) is 22.2 Å². The van der Waals surface area contributed by atoms with Crippen LogP contribution >= 0.6 is 11.3 Å². The van der Waals surface area contributed by atoms with Gasteiger partial charge in [-0.3, -0.25) is 10.1 Å². The van der Waals surface area contributed by atoms with Gasteiger partial charge in [-0.2, -0.15) is 0 Å². The largest absolute Gasteiger partial charge is 0.496 e. The highest BCUT2D eigenvalue weighted by Gasteiger charge is 2.37. The Balaban J connectivity index is 1.83. The van der Waals surface area contributed by atoms with Gasteiger partial charge in [-0.1, -0.05) is 37.2 Å². The molecule has 134 valence electrons. The fourth-order valence-corrected chi connectivity index (χ4v) is 4.55. The summed E-state index contributed by atoms with van der Waals surface area (Å²) >= 11 is 1.47. The van der Waals surface area contributed by atoms with Crippen molar-refractivity contribution in [3.05, 3.63) is 28.8 Å². The standard InChI is InChI=1S/C18H23N3O3S/c1-4-18(10-5-6-11-18)16-20-21-17(25-16)19-15(22)14-12(23-2)8-7-9-13(14)24-3/h7-9H,4-6,10-11H2,1-3H3,(H,19,21,22). The average molecular weight is 361 g/mol. The molecular formula is C18H23N3O3S. The SMILES string of the molecule is CCC1(c2nnc(NC(=O)c3c(OC)cccc3OC)s2)CCCC1. The van der Waals surface area contributed by atoms with Crippen LogP contribution in [-0.4, -0.2) is 30.3 Å². The van der Waals surface area contributed by atoms with Gasteiger partial charge in [-0.15, -0.1) is 10.2 Å². The molecule has 0 atom stereocenters. The Labute approximate surface area is 151 Å². The molecule has 25 heavy (non-hydrogen) atoms. The molecule has 1 aliphatic carbocycles. The summed E-state index contributed by atoms with van der Waals surface area (Å²) in [6.45, 7) is 2.20. The topological polar surface area (TPSA) is 73.3 Å². The summed E-state index contributed by atoms with van der Waals surface area (Å²) in [6.07, 6.45) is 5.80. The van der Waals surface area contributed by atoms with E-state index in [9.17, 15) is 4.79 Å². The number of methoxy groups -OCH3 is 2. The third kappa shape index (κ3) is 3.33. The first-order valence-electron chi connectivity index (χ1n) is 8.50. The monoisotopic (exact) mass is 361 g/mol. The first kappa shape index (κ1) is 17.7. The summed E-state index contributed by atoms with van der Waals surface area (Å²) in [5.41, 5.74) is 0.485. The second-order valence-corrected chi connectivity index (χ2v) is 7.22. The van der Waals surface area contributed by atoms with Crippen molar-refractivity contribution in [3.63, 3.8) is 0 Å². The minimum Gasteiger partial charge on any atom is -0.496 e. The summed E-state index contributed by atoms with van der Waals surface area (Å²) in [5, 5.41) is 12.9. The molecule has 1 amide bonds. The number of hydrogen-bond donors (Lipinski definition) is 1. The van der Waals surface area contributed by atoms with Crippen LogP contribution in [0.4, 0.5) is 5.13 Å². The molecule has 0 saturated heterocycles. The van der Waals surface area contributed by atoms with Crippen LogP contribution in [0, 0.1) is 0 Å². The van der Waals surface area contributed by atoms with Crippen LogP contribution in [0.1, 0.15) is 54.4 Å². The van der Waals surface area contributed by atoms with Gasteiger partial charge in [0.2, 0.25) is 5.13 Å². The van der Waals surface area contributed by atoms with Gasteiger partial charge in [-0.05, 0) is 31.4 Å². The Hall–Kier alpha value is -2.15. The van der Waals surface area contributed by atoms with Gasteiger partial charge >= 0.3 is 0 Å². The maximum atomic E-state index is 12.7. The maximum Gasteiger partial charge on any atom is 0.265 e. The number of ether oxygens (including phenoxy) is 2. The molecule has 1 aromatic carbocycles. The van der Waals surface area contributed by atoms with Crippen molar-refractivity contribution in [2.45, 2.75) is 44.4 Å². The van der Waals surface area contributed by atoms with Crippen LogP contribution in [0.25, 0.3) is 0 Å². The van der Waals surface area contributed by atoms with Crippen LogP contribution < -0.4 is 14.8 Å². The number of aromatic nitrogens is 2. The van der Waals surface area contributed by atoms with Crippen LogP contribution in [0.2, 0.25) is 0 Å². The molecule has 1 fully saturated rings. The first-order valence-corrected chi connectivity index (χ1v) is 9.31. The molecule has 1 heterocycles. The fraction of sp³-hybridized carbons (Fsp3) is 0.500. The highest BCUT2D eigenvalue weighted by Crippen LogP contribution is 2.45. The minimum atomic E-state index is -0.311. The van der Waals surface area contributed by atoms with Crippen LogP contribution in [0.5, 0.6) is 11.5 Å². The van der Waals surface area contributed by atoms with Crippen molar-refractivity contribution in [2.24, 2.45) is 0 Å². The number of carbonyl (C=O) groups is 1. The van der Waals surface area contributed by atoms with Gasteiger partial charge in [0.15, 0.2) is 0 Å². The fourth-order valence-electron chi connectivity index (χ4n) is 3.49. The Bertz CT molecular complexity index is 732. The smallest absolute Gasteiger partial charge is 0.265 e. The molecule has 2 aromatic rings. The summed E-state index contributed by atoms with van der Waals surface area (Å²) in [6, 6.07) is 5.24. The second kappa shape index (κ2) is 7.39. The third-order valence-electron chi connectivity index (χ3n) is 4.99. The van der Waals surface area contributed by atoms with E-state index in [2.05, 4.69) is 22.4 Å². The van der Waals surface area contributed by atoms with Crippen molar-refractivity contribution in [2.75, 3.05) is 19.5 Å². The summed E-state index contributed by atoms with van der Waals surface area (Å²) in [7, 11) is 3.05. The quantitative estimate of drug-likeness (QED) is 0.841. The number of hydrogen-bond acceptors (Lipinski definition) is 6. The molecular weight excluding hydrogens is 338 g/mol. The van der Waals surface area contributed by atoms with Crippen molar-refractivity contribution < 1.29 is 14.3 Å². The zero-order valence-electron chi connectivity index (χ0n) is 14.8. The normalized spacial score (nSPS) is 15.8. The highest BCUT2D eigenvalue weighted by atomic mass is 32.1. The molecule has 0 unspecified atom stereocenters. The Morgan fingerprint density at radius 2 is 1.84 bits per heavy atom. The summed E-state index contributed by atoms with van der Waals surface area (Å²) in [4.78, 5) is 12.7. The van der Waals surface area contributed by atoms with Gasteiger partial charge in [0.25, 0.3) is 5.91 Å². The minimum absolute atomic E-state index is 0.128. The van der Waals surface area contributed by atoms with Crippen molar-refractivity contribution in [1.82, 2.24) is 10.2 Å². The van der Waals surface area contributed by atoms with Gasteiger partial charge in [0, 0.05) is 5.41 Å². The number of nitrogens with one attached hydrogen (secondary N) is 1. The predicted octanol–water partition coefficient (Wildman–Crippen LogP) is 4.03. The van der Waals surface area contributed by atoms with E-state index in [1.807, 2.05) is 0 Å². The molecule has 1 saturated carbocycles. The molecule has 7 heteroatoms. The predicted molar refractivity (Wildman–Crippen MR) is 97.8 cm³/mol. The Morgan fingerprint density at radius 1 is 1.20 bits per heavy atom. The second-order valence-electron chi connectivity index (χ2n) is 6.25. The van der Waals surface area contributed by atoms with E-state index in [1.165, 1.54) is 38.4 Å². The third-order valence-corrected chi connectivity index (χ3v) is 6.08. The lowest BCUT2D eigenvalue weighted by Crippen LogP contribution is -2.20. The summed E-state index contributed by atoms with van der Waals surface area (Å²) in [5.74, 6) is 0.610. The van der Waals surface area contributed by atoms with Crippen molar-refractivity contribution in [1.29, 1.82) is 0 Å². The van der Waals surface area contributed by atoms with Gasteiger partial charge < -0.3 is 9.47 Å². The number of nitrogens with zero attached hydrogens (tertiary/aromatic N) is 2. The number of rotatable bonds is 6. The van der Waals surface area contributed by atoms with Gasteiger partial charge in [0.05, 0.1) is 14.2 Å². The molecule has 1 N–H and O–H groups in total. The zero-order chi connectivity index (χ0) is 17.9. The molecule has 6 nitrogen and oxygen atoms in total. The highest BCUT2D eigenvalue weighted by molar-refractivity contribution is 7.15. The lowest BCUT2D eigenvalue weighted by Gasteiger charge is -2.23. The molecule has 0 radical (unpaired) electrons. The number of benzene rings is 1. The van der Waals surface area contributed by atoms with Crippen LogP contribution in [-0.2, 0) is 5.41 Å². The number of carbonyl (C=O) groups excluding carboxylic acids is 1. The van der Waals surface area contributed by atoms with E-state index in [4.69, 9.17) is 9.47 Å². The first-order chi connectivity index (χ1) is 12.1. The molecule has 0 bridgehead atoms. The number of anilines is 1. The maximum absolute atomic E-state index is 12.7. The van der Waals surface area contributed by atoms with E-state index in [-0.39, 0.29) is 11.3 Å². The van der Waals surface area contributed by atoms with Gasteiger partial charge in [-0.25, -0.2) is 0 Å². The lowest BCUT2D eigenvalue weighted by molar-refractivity contribution is 0.102. The van der Waals surface area contributed by atoms with E-state index in [0.717, 1.165) is 24.3 Å². The lowest BCUT2D eigenvalue weighted by atomic mass is 9.84. The van der Waals surface area contributed by atoms with Crippen molar-refractivity contribution in [3.8, 4) is 11.5 Å². The molecule has 1 aliphatic rings. The van der Waals surface area contributed by atoms with E-state index in [1.54, 1.807) is 18.2 Å². The Morgan fingerprint density at radius 3 is 2.40 bits per heavy atom. The molecule has 0 spiro atoms. The van der Waals surface area contributed by atoms with Gasteiger partial charge in [0.1, 0.15) is 22.1 Å². The van der Waals surface area contributed by atoms with Crippen LogP contribution in [0.3, 0.4) is 0 Å². The number of amides is 1. The molecule has 3 rings (SSSR count). The van der Waals surface area contributed by atoms with Crippen molar-refractivity contribution >= 4 is 22.4 Å². The molecule has 1 aromatic heterocycles. The average Bonchev–Trinajstić information content (AvgIpc) is 3.30. The Kier molecular flexibility index (Phi) is 5.22. The zero-order valence-corrected chi connectivity index (χ0v) is 15.6. The summed E-state index contributed by atoms with van der Waals surface area (Å²) < 4.78 is 10.6. The van der Waals surface area contributed by atoms with E-state index >= 15 is 0 Å². The molecule has 0 aliphatic heterocycles. The van der Waals surface area contributed by atoms with Crippen LogP contribution in [0.15, 0.2) is 18.2 Å². The van der Waals surface area contributed by atoms with E-state index < -0.39 is 0 Å².